The second kappa shape index (κ2) is 4.47. The highest BCUT2D eigenvalue weighted by Gasteiger charge is 2.07. The molecule has 5 heteroatoms. The van der Waals surface area contributed by atoms with Crippen molar-refractivity contribution < 1.29 is 0 Å². The van der Waals surface area contributed by atoms with Crippen LogP contribution in [0.15, 0.2) is 22.1 Å². The summed E-state index contributed by atoms with van der Waals surface area (Å²) in [5.41, 5.74) is 6.55. The third-order valence-corrected chi connectivity index (χ3v) is 3.88. The first-order valence-electron chi connectivity index (χ1n) is 4.69. The summed E-state index contributed by atoms with van der Waals surface area (Å²) in [6.45, 7) is 3.47. The predicted octanol–water partition coefficient (Wildman–Crippen LogP) is 2.64. The third-order valence-electron chi connectivity index (χ3n) is 2.17. The first kappa shape index (κ1) is 10.9. The maximum atomic E-state index is 5.53. The second-order valence-electron chi connectivity index (χ2n) is 3.28. The van der Waals surface area contributed by atoms with Gasteiger partial charge < -0.3 is 10.3 Å². The summed E-state index contributed by atoms with van der Waals surface area (Å²) in [5.74, 6) is 1.01. The van der Waals surface area contributed by atoms with Crippen molar-refractivity contribution in [2.24, 2.45) is 5.73 Å². The quantitative estimate of drug-likeness (QED) is 0.942. The average molecular weight is 286 g/mol. The zero-order chi connectivity index (χ0) is 10.8. The van der Waals surface area contributed by atoms with E-state index < -0.39 is 0 Å². The largest absolute Gasteiger partial charge is 0.333 e. The van der Waals surface area contributed by atoms with Crippen LogP contribution in [-0.2, 0) is 6.54 Å². The zero-order valence-corrected chi connectivity index (χ0v) is 10.8. The Balaban J connectivity index is 2.33. The number of aryl methyl sites for hydroxylation is 1. The summed E-state index contributed by atoms with van der Waals surface area (Å²) in [6.07, 6.45) is 2.06. The van der Waals surface area contributed by atoms with Gasteiger partial charge in [0.25, 0.3) is 0 Å². The molecule has 0 aromatic carbocycles. The van der Waals surface area contributed by atoms with E-state index in [1.165, 1.54) is 4.88 Å². The molecule has 0 spiro atoms. The Morgan fingerprint density at radius 1 is 1.60 bits per heavy atom. The van der Waals surface area contributed by atoms with E-state index in [0.717, 1.165) is 22.5 Å². The van der Waals surface area contributed by atoms with Gasteiger partial charge in [-0.25, -0.2) is 4.98 Å². The van der Waals surface area contributed by atoms with E-state index in [0.29, 0.717) is 6.54 Å². The number of halogens is 1. The monoisotopic (exact) mass is 285 g/mol. The molecule has 2 rings (SSSR count). The van der Waals surface area contributed by atoms with Crippen LogP contribution in [0, 0.1) is 6.92 Å². The zero-order valence-electron chi connectivity index (χ0n) is 8.40. The number of aromatic nitrogens is 2. The van der Waals surface area contributed by atoms with Gasteiger partial charge in [0, 0.05) is 29.1 Å². The highest BCUT2D eigenvalue weighted by molar-refractivity contribution is 9.10. The Morgan fingerprint density at radius 2 is 2.40 bits per heavy atom. The normalized spacial score (nSPS) is 10.9. The maximum Gasteiger partial charge on any atom is 0.106 e. The predicted molar refractivity (Wildman–Crippen MR) is 67.0 cm³/mol. The van der Waals surface area contributed by atoms with Crippen LogP contribution in [0.1, 0.15) is 5.82 Å². The fourth-order valence-corrected chi connectivity index (χ4v) is 2.82. The molecule has 2 heterocycles. The number of imidazole rings is 1. The highest BCUT2D eigenvalue weighted by atomic mass is 79.9. The maximum absolute atomic E-state index is 5.53. The van der Waals surface area contributed by atoms with Crippen molar-refractivity contribution >= 4 is 27.3 Å². The lowest BCUT2D eigenvalue weighted by atomic mass is 10.4. The van der Waals surface area contributed by atoms with Crippen LogP contribution in [0.3, 0.4) is 0 Å². The highest BCUT2D eigenvalue weighted by Crippen LogP contribution is 2.29. The van der Waals surface area contributed by atoms with Crippen LogP contribution in [-0.4, -0.2) is 16.1 Å². The number of rotatable bonds is 3. The van der Waals surface area contributed by atoms with Gasteiger partial charge in [0.15, 0.2) is 0 Å². The molecule has 0 aliphatic carbocycles. The number of nitrogens with two attached hydrogens (primary N) is 1. The average Bonchev–Trinajstić information content (AvgIpc) is 2.75. The molecule has 15 heavy (non-hydrogen) atoms. The molecule has 0 amide bonds. The lowest BCUT2D eigenvalue weighted by Crippen LogP contribution is -2.09. The first-order chi connectivity index (χ1) is 7.20. The molecule has 80 valence electrons. The number of hydrogen-bond acceptors (Lipinski definition) is 3. The summed E-state index contributed by atoms with van der Waals surface area (Å²) in [4.78, 5) is 5.69. The van der Waals surface area contributed by atoms with E-state index >= 15 is 0 Å². The molecule has 0 atom stereocenters. The molecule has 2 N–H and O–H groups in total. The molecule has 0 radical (unpaired) electrons. The van der Waals surface area contributed by atoms with Crippen LogP contribution in [0.25, 0.3) is 10.6 Å². The van der Waals surface area contributed by atoms with Crippen LogP contribution >= 0.6 is 27.3 Å². The Bertz CT molecular complexity index is 461. The first-order valence-corrected chi connectivity index (χ1v) is 6.36. The Labute approximate surface area is 101 Å². The topological polar surface area (TPSA) is 43.8 Å². The molecule has 2 aromatic heterocycles. The minimum absolute atomic E-state index is 0.644. The standard InChI is InChI=1S/C10H12BrN3S/c1-7-13-9(5-14(7)3-2-12)10-4-8(11)6-15-10/h4-6H,2-3,12H2,1H3. The molecule has 0 unspecified atom stereocenters. The molecule has 0 bridgehead atoms. The minimum atomic E-state index is 0.644. The molecule has 0 aliphatic heterocycles. The summed E-state index contributed by atoms with van der Waals surface area (Å²) >= 11 is 5.13. The summed E-state index contributed by atoms with van der Waals surface area (Å²) < 4.78 is 3.19. The van der Waals surface area contributed by atoms with Gasteiger partial charge in [0.2, 0.25) is 0 Å². The lowest BCUT2D eigenvalue weighted by Gasteiger charge is -1.99. The van der Waals surface area contributed by atoms with Crippen LogP contribution in [0.4, 0.5) is 0 Å². The second-order valence-corrected chi connectivity index (χ2v) is 5.11. The van der Waals surface area contributed by atoms with Crippen molar-refractivity contribution in [2.75, 3.05) is 6.54 Å². The van der Waals surface area contributed by atoms with Gasteiger partial charge in [-0.3, -0.25) is 0 Å². The summed E-state index contributed by atoms with van der Waals surface area (Å²) in [6, 6.07) is 2.08. The third kappa shape index (κ3) is 2.30. The lowest BCUT2D eigenvalue weighted by molar-refractivity contribution is 0.684. The number of thiophene rings is 1. The van der Waals surface area contributed by atoms with Gasteiger partial charge in [-0.1, -0.05) is 0 Å². The molecular formula is C10H12BrN3S. The fourth-order valence-electron chi connectivity index (χ4n) is 1.44. The SMILES string of the molecule is Cc1nc(-c2cc(Br)cs2)cn1CCN. The van der Waals surface area contributed by atoms with Crippen molar-refractivity contribution in [3.8, 4) is 10.6 Å². The minimum Gasteiger partial charge on any atom is -0.333 e. The van der Waals surface area contributed by atoms with Crippen molar-refractivity contribution in [3.63, 3.8) is 0 Å². The summed E-state index contributed by atoms with van der Waals surface area (Å²) in [5, 5.41) is 2.06. The molecule has 0 aliphatic rings. The van der Waals surface area contributed by atoms with Gasteiger partial charge in [0.05, 0.1) is 10.6 Å². The molecular weight excluding hydrogens is 274 g/mol. The Morgan fingerprint density at radius 3 is 3.00 bits per heavy atom. The van der Waals surface area contributed by atoms with Gasteiger partial charge in [0.1, 0.15) is 5.82 Å². The van der Waals surface area contributed by atoms with E-state index in [4.69, 9.17) is 5.73 Å². The van der Waals surface area contributed by atoms with E-state index in [1.807, 2.05) is 6.92 Å². The Kier molecular flexibility index (Phi) is 3.23. The van der Waals surface area contributed by atoms with Crippen LogP contribution in [0.2, 0.25) is 0 Å². The van der Waals surface area contributed by atoms with Gasteiger partial charge in [-0.05, 0) is 28.9 Å². The van der Waals surface area contributed by atoms with Crippen molar-refractivity contribution in [3.05, 3.63) is 27.9 Å². The molecule has 2 aromatic rings. The van der Waals surface area contributed by atoms with E-state index in [-0.39, 0.29) is 0 Å². The van der Waals surface area contributed by atoms with Gasteiger partial charge in [-0.2, -0.15) is 0 Å². The Hall–Kier alpha value is -0.650. The number of hydrogen-bond donors (Lipinski definition) is 1. The molecule has 3 nitrogen and oxygen atoms in total. The van der Waals surface area contributed by atoms with Crippen LogP contribution < -0.4 is 5.73 Å². The molecule has 0 saturated heterocycles. The van der Waals surface area contributed by atoms with E-state index in [2.05, 4.69) is 43.1 Å². The van der Waals surface area contributed by atoms with Gasteiger partial charge >= 0.3 is 0 Å². The van der Waals surface area contributed by atoms with Crippen molar-refractivity contribution in [1.29, 1.82) is 0 Å². The van der Waals surface area contributed by atoms with Crippen molar-refractivity contribution in [2.45, 2.75) is 13.5 Å². The molecule has 0 saturated carbocycles. The van der Waals surface area contributed by atoms with E-state index in [9.17, 15) is 0 Å². The number of nitrogens with zero attached hydrogens (tertiary/aromatic N) is 2. The molecule has 0 fully saturated rings. The van der Waals surface area contributed by atoms with Crippen molar-refractivity contribution in [1.82, 2.24) is 9.55 Å². The van der Waals surface area contributed by atoms with E-state index in [1.54, 1.807) is 11.3 Å². The van der Waals surface area contributed by atoms with Gasteiger partial charge in [-0.15, -0.1) is 11.3 Å². The smallest absolute Gasteiger partial charge is 0.106 e. The van der Waals surface area contributed by atoms with Crippen LogP contribution in [0.5, 0.6) is 0 Å². The fraction of sp³-hybridized carbons (Fsp3) is 0.300. The summed E-state index contributed by atoms with van der Waals surface area (Å²) in [7, 11) is 0.